The van der Waals surface area contributed by atoms with Crippen LogP contribution in [0.1, 0.15) is 60.1 Å². The lowest BCUT2D eigenvalue weighted by Crippen LogP contribution is -2.44. The molecule has 0 saturated heterocycles. The molecule has 2 aromatic rings. The molecule has 0 aliphatic rings. The van der Waals surface area contributed by atoms with E-state index < -0.39 is 29.5 Å². The van der Waals surface area contributed by atoms with Crippen LogP contribution in [0.2, 0.25) is 10.0 Å². The molecule has 10 heteroatoms. The molecule has 0 saturated carbocycles. The average Bonchev–Trinajstić information content (AvgIpc) is 2.62. The fourth-order valence-electron chi connectivity index (χ4n) is 2.61. The van der Waals surface area contributed by atoms with E-state index in [9.17, 15) is 9.59 Å². The van der Waals surface area contributed by atoms with E-state index in [0.717, 1.165) is 0 Å². The van der Waals surface area contributed by atoms with E-state index >= 15 is 0 Å². The van der Waals surface area contributed by atoms with Crippen molar-refractivity contribution in [2.45, 2.75) is 65.8 Å². The van der Waals surface area contributed by atoms with Crippen LogP contribution in [-0.4, -0.2) is 28.4 Å². The zero-order chi connectivity index (χ0) is 25.1. The van der Waals surface area contributed by atoms with Crippen molar-refractivity contribution >= 4 is 57.1 Å². The van der Waals surface area contributed by atoms with Crippen LogP contribution < -0.4 is 9.64 Å². The van der Waals surface area contributed by atoms with Gasteiger partial charge in [0.15, 0.2) is 11.6 Å². The Balaban J connectivity index is 2.54. The van der Waals surface area contributed by atoms with E-state index in [1.54, 1.807) is 72.7 Å². The van der Waals surface area contributed by atoms with Gasteiger partial charge in [0, 0.05) is 26.3 Å². The summed E-state index contributed by atoms with van der Waals surface area (Å²) in [7, 11) is 0. The van der Waals surface area contributed by atoms with Crippen molar-refractivity contribution < 1.29 is 23.8 Å². The highest BCUT2D eigenvalue weighted by Crippen LogP contribution is 2.36. The van der Waals surface area contributed by atoms with Crippen LogP contribution in [0, 0.1) is 0 Å². The van der Waals surface area contributed by atoms with Crippen LogP contribution in [0.3, 0.4) is 0 Å². The molecule has 33 heavy (non-hydrogen) atoms. The van der Waals surface area contributed by atoms with Crippen LogP contribution in [0.25, 0.3) is 0 Å². The van der Waals surface area contributed by atoms with Crippen molar-refractivity contribution in [2.75, 3.05) is 4.90 Å². The number of imide groups is 1. The number of carbonyl (C=O) groups is 2. The van der Waals surface area contributed by atoms with Crippen molar-refractivity contribution in [3.8, 4) is 5.75 Å². The number of hydrogen-bond donors (Lipinski definition) is 0. The molecule has 7 nitrogen and oxygen atoms in total. The number of pyridine rings is 1. The zero-order valence-corrected chi connectivity index (χ0v) is 22.6. The fourth-order valence-corrected chi connectivity index (χ4v) is 3.37. The van der Waals surface area contributed by atoms with Gasteiger partial charge in [-0.25, -0.2) is 14.6 Å². The number of amides is 2. The standard InChI is InChI=1S/C23H27BrCl2N2O5/c1-13(16-11-15(25)8-9-17(16)26)31-18-10-14(24)12-27-19(18)28(20(29)32-22(2,3)4)21(30)33-23(5,6)7/h8-13H,1-7H3. The number of anilines is 1. The predicted octanol–water partition coefficient (Wildman–Crippen LogP) is 7.97. The van der Waals surface area contributed by atoms with E-state index in [1.165, 1.54) is 6.20 Å². The minimum absolute atomic E-state index is 0.0910. The van der Waals surface area contributed by atoms with Crippen molar-refractivity contribution in [3.63, 3.8) is 0 Å². The van der Waals surface area contributed by atoms with E-state index in [2.05, 4.69) is 20.9 Å². The maximum atomic E-state index is 13.0. The summed E-state index contributed by atoms with van der Waals surface area (Å²) < 4.78 is 17.5. The van der Waals surface area contributed by atoms with Gasteiger partial charge in [0.1, 0.15) is 17.3 Å². The second-order valence-corrected chi connectivity index (χ2v) is 11.0. The Morgan fingerprint density at radius 2 is 1.55 bits per heavy atom. The third-order valence-corrected chi connectivity index (χ3v) is 4.88. The smallest absolute Gasteiger partial charge is 0.425 e. The molecule has 1 atom stereocenters. The number of benzene rings is 1. The second kappa shape index (κ2) is 10.5. The van der Waals surface area contributed by atoms with Crippen molar-refractivity contribution in [1.29, 1.82) is 0 Å². The second-order valence-electron chi connectivity index (χ2n) is 9.20. The highest BCUT2D eigenvalue weighted by atomic mass is 79.9. The first-order chi connectivity index (χ1) is 15.1. The summed E-state index contributed by atoms with van der Waals surface area (Å²) in [6.07, 6.45) is -1.07. The normalized spacial score (nSPS) is 12.7. The first-order valence-electron chi connectivity index (χ1n) is 10.1. The van der Waals surface area contributed by atoms with Gasteiger partial charge < -0.3 is 14.2 Å². The molecule has 0 radical (unpaired) electrons. The van der Waals surface area contributed by atoms with Gasteiger partial charge in [0.2, 0.25) is 0 Å². The molecular weight excluding hydrogens is 535 g/mol. The third kappa shape index (κ3) is 8.05. The van der Waals surface area contributed by atoms with Gasteiger partial charge in [-0.3, -0.25) is 0 Å². The van der Waals surface area contributed by atoms with Crippen molar-refractivity contribution in [3.05, 3.63) is 50.5 Å². The minimum Gasteiger partial charge on any atom is -0.482 e. The van der Waals surface area contributed by atoms with E-state index in [4.69, 9.17) is 37.4 Å². The summed E-state index contributed by atoms with van der Waals surface area (Å²) in [5.74, 6) is 0.0383. The number of carbonyl (C=O) groups excluding carboxylic acids is 2. The summed E-state index contributed by atoms with van der Waals surface area (Å²) in [6, 6.07) is 6.59. The van der Waals surface area contributed by atoms with Crippen LogP contribution >= 0.6 is 39.1 Å². The van der Waals surface area contributed by atoms with Crippen LogP contribution in [0.4, 0.5) is 15.4 Å². The highest BCUT2D eigenvalue weighted by Gasteiger charge is 2.36. The molecule has 0 spiro atoms. The lowest BCUT2D eigenvalue weighted by molar-refractivity contribution is 0.0426. The molecule has 2 amide bonds. The monoisotopic (exact) mass is 560 g/mol. The largest absolute Gasteiger partial charge is 0.482 e. The van der Waals surface area contributed by atoms with E-state index in [0.29, 0.717) is 25.0 Å². The van der Waals surface area contributed by atoms with Gasteiger partial charge in [-0.05, 0) is 88.7 Å². The Kier molecular flexibility index (Phi) is 8.65. The van der Waals surface area contributed by atoms with E-state index in [1.807, 2.05) is 0 Å². The summed E-state index contributed by atoms with van der Waals surface area (Å²) in [6.45, 7) is 11.9. The number of aromatic nitrogens is 1. The maximum Gasteiger partial charge on any atom is 0.425 e. The molecule has 1 unspecified atom stereocenters. The SMILES string of the molecule is CC(Oc1cc(Br)cnc1N(C(=O)OC(C)(C)C)C(=O)OC(C)(C)C)c1cc(Cl)ccc1Cl. The van der Waals surface area contributed by atoms with Gasteiger partial charge >= 0.3 is 12.2 Å². The molecule has 0 bridgehead atoms. The Labute approximate surface area is 212 Å². The third-order valence-electron chi connectivity index (χ3n) is 3.86. The minimum atomic E-state index is -0.954. The highest BCUT2D eigenvalue weighted by molar-refractivity contribution is 9.10. The van der Waals surface area contributed by atoms with Gasteiger partial charge in [0.25, 0.3) is 0 Å². The van der Waals surface area contributed by atoms with Crippen LogP contribution in [0.15, 0.2) is 34.9 Å². The first-order valence-corrected chi connectivity index (χ1v) is 11.7. The Bertz CT molecular complexity index is 1010. The Morgan fingerprint density at radius 1 is 1.00 bits per heavy atom. The number of ether oxygens (including phenoxy) is 3. The first kappa shape index (κ1) is 27.2. The van der Waals surface area contributed by atoms with Crippen LogP contribution in [0.5, 0.6) is 5.75 Å². The summed E-state index contributed by atoms with van der Waals surface area (Å²) in [4.78, 5) is 31.0. The van der Waals surface area contributed by atoms with Gasteiger partial charge in [-0.15, -0.1) is 0 Å². The van der Waals surface area contributed by atoms with Gasteiger partial charge in [0.05, 0.1) is 0 Å². The quantitative estimate of drug-likeness (QED) is 0.376. The number of hydrogen-bond acceptors (Lipinski definition) is 6. The molecule has 1 aromatic heterocycles. The predicted molar refractivity (Wildman–Crippen MR) is 132 cm³/mol. The topological polar surface area (TPSA) is 78.0 Å². The number of nitrogens with zero attached hydrogens (tertiary/aromatic N) is 2. The zero-order valence-electron chi connectivity index (χ0n) is 19.5. The van der Waals surface area contributed by atoms with E-state index in [-0.39, 0.29) is 11.6 Å². The summed E-state index contributed by atoms with van der Waals surface area (Å²) in [5, 5.41) is 0.939. The molecule has 1 heterocycles. The summed E-state index contributed by atoms with van der Waals surface area (Å²) in [5.41, 5.74) is -1.11. The average molecular weight is 562 g/mol. The van der Waals surface area contributed by atoms with Crippen molar-refractivity contribution in [1.82, 2.24) is 4.98 Å². The molecule has 0 aliphatic heterocycles. The lowest BCUT2D eigenvalue weighted by Gasteiger charge is -2.29. The van der Waals surface area contributed by atoms with Crippen molar-refractivity contribution in [2.24, 2.45) is 0 Å². The molecule has 2 rings (SSSR count). The fraction of sp³-hybridized carbons (Fsp3) is 0.435. The number of rotatable bonds is 4. The Hall–Kier alpha value is -2.03. The summed E-state index contributed by atoms with van der Waals surface area (Å²) >= 11 is 15.8. The number of halogens is 3. The van der Waals surface area contributed by atoms with Gasteiger partial charge in [-0.2, -0.15) is 4.90 Å². The molecule has 1 aromatic carbocycles. The lowest BCUT2D eigenvalue weighted by atomic mass is 10.1. The molecule has 0 aliphatic carbocycles. The molecule has 0 N–H and O–H groups in total. The molecular formula is C23H27BrCl2N2O5. The molecule has 180 valence electrons. The maximum absolute atomic E-state index is 13.0. The Morgan fingerprint density at radius 3 is 2.06 bits per heavy atom. The van der Waals surface area contributed by atoms with Gasteiger partial charge in [-0.1, -0.05) is 23.2 Å². The molecule has 0 fully saturated rings. The van der Waals surface area contributed by atoms with Crippen LogP contribution in [-0.2, 0) is 9.47 Å².